The van der Waals surface area contributed by atoms with Gasteiger partial charge in [0.15, 0.2) is 0 Å². The molecule has 0 unspecified atom stereocenters. The van der Waals surface area contributed by atoms with E-state index in [-0.39, 0.29) is 12.5 Å². The highest BCUT2D eigenvalue weighted by atomic mass is 16.5. The topological polar surface area (TPSA) is 84.6 Å². The van der Waals surface area contributed by atoms with E-state index in [1.54, 1.807) is 18.2 Å². The van der Waals surface area contributed by atoms with Gasteiger partial charge in [0, 0.05) is 12.1 Å². The van der Waals surface area contributed by atoms with E-state index in [9.17, 15) is 9.90 Å². The quantitative estimate of drug-likeness (QED) is 0.682. The Bertz CT molecular complexity index is 442. The van der Waals surface area contributed by atoms with Gasteiger partial charge in [0.25, 0.3) is 5.91 Å². The Morgan fingerprint density at radius 1 is 1.42 bits per heavy atom. The Balaban J connectivity index is 2.74. The van der Waals surface area contributed by atoms with Gasteiger partial charge in [0.2, 0.25) is 0 Å². The second kappa shape index (κ2) is 6.43. The van der Waals surface area contributed by atoms with Crippen LogP contribution in [-0.4, -0.2) is 30.3 Å². The third-order valence-corrected chi connectivity index (χ3v) is 3.39. The summed E-state index contributed by atoms with van der Waals surface area (Å²) in [5.74, 6) is 0.215. The van der Waals surface area contributed by atoms with Crippen LogP contribution in [0.1, 0.15) is 37.0 Å². The SMILES string of the molecule is CCC(O)(CC)CNC(=O)c1ccc(N)c(OC)c1. The van der Waals surface area contributed by atoms with Gasteiger partial charge >= 0.3 is 0 Å². The van der Waals surface area contributed by atoms with Crippen molar-refractivity contribution in [3.8, 4) is 5.75 Å². The van der Waals surface area contributed by atoms with E-state index in [2.05, 4.69) is 5.32 Å². The van der Waals surface area contributed by atoms with Crippen molar-refractivity contribution in [3.05, 3.63) is 23.8 Å². The molecular formula is C14H22N2O3. The molecule has 0 saturated heterocycles. The number of hydrogen-bond acceptors (Lipinski definition) is 4. The van der Waals surface area contributed by atoms with Gasteiger partial charge in [-0.25, -0.2) is 0 Å². The zero-order valence-corrected chi connectivity index (χ0v) is 11.7. The molecule has 1 aromatic rings. The molecule has 0 atom stereocenters. The summed E-state index contributed by atoms with van der Waals surface area (Å²) < 4.78 is 5.07. The number of anilines is 1. The maximum absolute atomic E-state index is 12.0. The fraction of sp³-hybridized carbons (Fsp3) is 0.500. The minimum Gasteiger partial charge on any atom is -0.495 e. The lowest BCUT2D eigenvalue weighted by molar-refractivity contribution is 0.0314. The van der Waals surface area contributed by atoms with Crippen LogP contribution in [0.3, 0.4) is 0 Å². The van der Waals surface area contributed by atoms with E-state index in [0.717, 1.165) is 0 Å². The zero-order valence-electron chi connectivity index (χ0n) is 11.7. The highest BCUT2D eigenvalue weighted by Crippen LogP contribution is 2.22. The smallest absolute Gasteiger partial charge is 0.251 e. The maximum atomic E-state index is 12.0. The second-order valence-corrected chi connectivity index (χ2v) is 4.57. The maximum Gasteiger partial charge on any atom is 0.251 e. The number of ether oxygens (including phenoxy) is 1. The van der Waals surface area contributed by atoms with Crippen molar-refractivity contribution in [1.29, 1.82) is 0 Å². The van der Waals surface area contributed by atoms with Gasteiger partial charge in [-0.05, 0) is 31.0 Å². The van der Waals surface area contributed by atoms with Crippen molar-refractivity contribution in [2.24, 2.45) is 0 Å². The summed E-state index contributed by atoms with van der Waals surface area (Å²) in [6.07, 6.45) is 1.18. The number of carbonyl (C=O) groups is 1. The Morgan fingerprint density at radius 2 is 2.05 bits per heavy atom. The number of carbonyl (C=O) groups excluding carboxylic acids is 1. The average molecular weight is 266 g/mol. The van der Waals surface area contributed by atoms with Gasteiger partial charge in [-0.3, -0.25) is 4.79 Å². The number of rotatable bonds is 6. The summed E-state index contributed by atoms with van der Waals surface area (Å²) in [5.41, 5.74) is 5.78. The number of benzene rings is 1. The van der Waals surface area contributed by atoms with Crippen LogP contribution < -0.4 is 15.8 Å². The van der Waals surface area contributed by atoms with Crippen LogP contribution in [0.4, 0.5) is 5.69 Å². The standard InChI is InChI=1S/C14H22N2O3/c1-4-14(18,5-2)9-16-13(17)10-6-7-11(15)12(8-10)19-3/h6-8,18H,4-5,9,15H2,1-3H3,(H,16,17). The minimum atomic E-state index is -0.854. The van der Waals surface area contributed by atoms with Crippen molar-refractivity contribution >= 4 is 11.6 Å². The predicted molar refractivity (Wildman–Crippen MR) is 75.3 cm³/mol. The first-order valence-corrected chi connectivity index (χ1v) is 6.40. The van der Waals surface area contributed by atoms with E-state index >= 15 is 0 Å². The number of nitrogens with one attached hydrogen (secondary N) is 1. The number of amides is 1. The molecule has 0 spiro atoms. The van der Waals surface area contributed by atoms with Crippen molar-refractivity contribution in [2.45, 2.75) is 32.3 Å². The van der Waals surface area contributed by atoms with E-state index in [1.165, 1.54) is 7.11 Å². The zero-order chi connectivity index (χ0) is 14.5. The molecule has 1 aromatic carbocycles. The van der Waals surface area contributed by atoms with Crippen LogP contribution in [0, 0.1) is 0 Å². The highest BCUT2D eigenvalue weighted by Gasteiger charge is 2.23. The molecule has 19 heavy (non-hydrogen) atoms. The Labute approximate surface area is 113 Å². The van der Waals surface area contributed by atoms with Gasteiger partial charge in [0.05, 0.1) is 18.4 Å². The summed E-state index contributed by atoms with van der Waals surface area (Å²) in [6, 6.07) is 4.84. The number of methoxy groups -OCH3 is 1. The summed E-state index contributed by atoms with van der Waals surface area (Å²) in [6.45, 7) is 4.01. The van der Waals surface area contributed by atoms with Crippen molar-refractivity contribution in [2.75, 3.05) is 19.4 Å². The first-order valence-electron chi connectivity index (χ1n) is 6.40. The van der Waals surface area contributed by atoms with Crippen LogP contribution in [0.25, 0.3) is 0 Å². The fourth-order valence-electron chi connectivity index (χ4n) is 1.70. The van der Waals surface area contributed by atoms with Gasteiger partial charge in [-0.15, -0.1) is 0 Å². The normalized spacial score (nSPS) is 11.2. The molecule has 5 nitrogen and oxygen atoms in total. The molecule has 0 fully saturated rings. The number of nitrogens with two attached hydrogens (primary N) is 1. The summed E-state index contributed by atoms with van der Waals surface area (Å²) in [7, 11) is 1.50. The van der Waals surface area contributed by atoms with Crippen LogP contribution >= 0.6 is 0 Å². The van der Waals surface area contributed by atoms with Crippen molar-refractivity contribution in [1.82, 2.24) is 5.32 Å². The highest BCUT2D eigenvalue weighted by molar-refractivity contribution is 5.95. The molecule has 5 heteroatoms. The van der Waals surface area contributed by atoms with E-state index in [4.69, 9.17) is 10.5 Å². The van der Waals surface area contributed by atoms with Gasteiger partial charge < -0.3 is 20.9 Å². The minimum absolute atomic E-state index is 0.228. The van der Waals surface area contributed by atoms with Crippen molar-refractivity contribution in [3.63, 3.8) is 0 Å². The second-order valence-electron chi connectivity index (χ2n) is 4.57. The van der Waals surface area contributed by atoms with Gasteiger partial charge in [-0.1, -0.05) is 13.8 Å². The molecule has 1 rings (SSSR count). The summed E-state index contributed by atoms with van der Waals surface area (Å²) in [4.78, 5) is 12.0. The molecule has 0 heterocycles. The van der Waals surface area contributed by atoms with E-state index < -0.39 is 5.60 Å². The average Bonchev–Trinajstić information content (AvgIpc) is 2.44. The third kappa shape index (κ3) is 3.86. The molecule has 0 aromatic heterocycles. The van der Waals surface area contributed by atoms with Gasteiger partial charge in [-0.2, -0.15) is 0 Å². The predicted octanol–water partition coefficient (Wildman–Crippen LogP) is 1.56. The monoisotopic (exact) mass is 266 g/mol. The number of aliphatic hydroxyl groups is 1. The molecule has 0 radical (unpaired) electrons. The lowest BCUT2D eigenvalue weighted by Crippen LogP contribution is -2.42. The molecular weight excluding hydrogens is 244 g/mol. The lowest BCUT2D eigenvalue weighted by atomic mass is 9.97. The largest absolute Gasteiger partial charge is 0.495 e. The molecule has 1 amide bonds. The Morgan fingerprint density at radius 3 is 2.58 bits per heavy atom. The first-order chi connectivity index (χ1) is 8.95. The van der Waals surface area contributed by atoms with Gasteiger partial charge in [0.1, 0.15) is 5.75 Å². The molecule has 0 aliphatic rings. The Kier molecular flexibility index (Phi) is 5.18. The summed E-state index contributed by atoms with van der Waals surface area (Å²) in [5, 5.41) is 12.8. The van der Waals surface area contributed by atoms with Crippen LogP contribution in [0.15, 0.2) is 18.2 Å². The fourth-order valence-corrected chi connectivity index (χ4v) is 1.70. The Hall–Kier alpha value is -1.75. The molecule has 0 saturated carbocycles. The molecule has 0 aliphatic carbocycles. The molecule has 106 valence electrons. The van der Waals surface area contributed by atoms with E-state index in [0.29, 0.717) is 29.8 Å². The first kappa shape index (κ1) is 15.3. The van der Waals surface area contributed by atoms with E-state index in [1.807, 2.05) is 13.8 Å². The summed E-state index contributed by atoms with van der Waals surface area (Å²) >= 11 is 0. The number of hydrogen-bond donors (Lipinski definition) is 3. The molecule has 0 bridgehead atoms. The van der Waals surface area contributed by atoms with Crippen molar-refractivity contribution < 1.29 is 14.6 Å². The lowest BCUT2D eigenvalue weighted by Gasteiger charge is -2.25. The van der Waals surface area contributed by atoms with Crippen LogP contribution in [0.5, 0.6) is 5.75 Å². The van der Waals surface area contributed by atoms with Crippen LogP contribution in [-0.2, 0) is 0 Å². The molecule has 4 N–H and O–H groups in total. The van der Waals surface area contributed by atoms with Crippen LogP contribution in [0.2, 0.25) is 0 Å². The molecule has 0 aliphatic heterocycles. The third-order valence-electron chi connectivity index (χ3n) is 3.39. The number of nitrogen functional groups attached to an aromatic ring is 1.